The van der Waals surface area contributed by atoms with E-state index in [9.17, 15) is 72.1 Å². The Morgan fingerprint density at radius 3 is 1.14 bits per heavy atom. The molecule has 0 unspecified atom stereocenters. The molecular weight excluding hydrogens is 1180 g/mol. The van der Waals surface area contributed by atoms with Crippen molar-refractivity contribution in [2.24, 2.45) is 22.9 Å². The maximum absolute atomic E-state index is 13.1. The number of unbranched alkanes of at least 4 members (excludes halogenated alkanes) is 4. The van der Waals surface area contributed by atoms with Crippen LogP contribution >= 0.6 is 0 Å². The summed E-state index contributed by atoms with van der Waals surface area (Å²) in [6.45, 7) is -1.24. The molecule has 0 aliphatic carbocycles. The molecule has 0 spiro atoms. The molecule has 0 radical (unpaired) electrons. The Balaban J connectivity index is 0.000000619. The lowest BCUT2D eigenvalue weighted by molar-refractivity contribution is -0.142. The van der Waals surface area contributed by atoms with Gasteiger partial charge in [-0.1, -0.05) is 65.9 Å². The van der Waals surface area contributed by atoms with Crippen molar-refractivity contribution in [1.29, 1.82) is 0 Å². The summed E-state index contributed by atoms with van der Waals surface area (Å²) in [5, 5.41) is 50.5. The zero-order valence-corrected chi connectivity index (χ0v) is 50.2. The van der Waals surface area contributed by atoms with E-state index in [1.807, 2.05) is 5.92 Å². The first-order valence-electron chi connectivity index (χ1n) is 29.4. The maximum atomic E-state index is 13.1. The Kier molecular flexibility index (Phi) is 38.2. The zero-order chi connectivity index (χ0) is 66.6. The second-order valence-electron chi connectivity index (χ2n) is 20.3. The first-order chi connectivity index (χ1) is 43.2. The van der Waals surface area contributed by atoms with Crippen molar-refractivity contribution in [3.63, 3.8) is 0 Å². The maximum Gasteiger partial charge on any atom is 0.344 e. The number of nitrogens with two attached hydrogens (primary N) is 4. The number of alkyl halides is 1. The van der Waals surface area contributed by atoms with E-state index in [-0.39, 0.29) is 50.6 Å². The molecule has 0 aliphatic rings. The highest BCUT2D eigenvalue weighted by molar-refractivity contribution is 5.98. The summed E-state index contributed by atoms with van der Waals surface area (Å²) in [5.74, 6) is -6.91. The number of aryl methyl sites for hydroxylation is 1. The molecule has 31 nitrogen and oxygen atoms in total. The van der Waals surface area contributed by atoms with Gasteiger partial charge in [-0.05, 0) is 120 Å². The standard InChI is InChI=1S/C30H45FN10O7.C28H41N7O7/c31-13-12-21-19-41(40-39-21)30(48)38-22(10-4-6-14-32)27(44)34-18-26(43)37-24(16-20-8-2-1-3-9-20)28(45)35-17-25(42)36-23(29(46)47)11-5-7-15-33;1-2-23(36)33-20(12-6-8-14-29)26(39)31-18-25(38)35-22(16-19-10-4-3-5-11-19)27(40)32-17-24(37)34-21(28(41)42)13-7-9-15-30/h1-3,8-9,19,22-24H,4-7,10-18,32-33H2,(H,34,44)(H,35,45)(H,36,42)(H,37,43)(H,38,48)(H,46,47);1,3-5,10-11,20-22H,6-9,12-18,29-30H2,(H,31,39)(H,32,40)(H,33,36)(H,34,37)(H,35,38)(H,41,42)/t22-,23-,24-;20-,21-,22-/m00/s1/i31-1;. The van der Waals surface area contributed by atoms with E-state index in [1.165, 1.54) is 6.20 Å². The largest absolute Gasteiger partial charge is 0.480 e. The average Bonchev–Trinajstić information content (AvgIpc) is 3.46. The number of carboxylic acid groups (broad SMARTS) is 2. The van der Waals surface area contributed by atoms with Crippen molar-refractivity contribution >= 4 is 71.1 Å². The van der Waals surface area contributed by atoms with Crippen LogP contribution < -0.4 is 76.1 Å². The number of benzene rings is 2. The van der Waals surface area contributed by atoms with Crippen molar-refractivity contribution < 1.29 is 72.1 Å². The first-order valence-corrected chi connectivity index (χ1v) is 29.4. The van der Waals surface area contributed by atoms with E-state index in [0.29, 0.717) is 88.7 Å². The van der Waals surface area contributed by atoms with Crippen molar-refractivity contribution in [1.82, 2.24) is 68.2 Å². The Morgan fingerprint density at radius 2 is 0.811 bits per heavy atom. The predicted molar refractivity (Wildman–Crippen MR) is 325 cm³/mol. The zero-order valence-electron chi connectivity index (χ0n) is 50.2. The number of amides is 10. The Bertz CT molecular complexity index is 2810. The summed E-state index contributed by atoms with van der Waals surface area (Å²) in [6, 6.07) is 10.2. The van der Waals surface area contributed by atoms with Crippen LogP contribution in [-0.4, -0.2) is 192 Å². The monoisotopic (exact) mass is 1260 g/mol. The van der Waals surface area contributed by atoms with Gasteiger partial charge in [-0.3, -0.25) is 47.5 Å². The van der Waals surface area contributed by atoms with Crippen molar-refractivity contribution in [3.05, 3.63) is 83.7 Å². The van der Waals surface area contributed by atoms with Gasteiger partial charge in [0.15, 0.2) is 0 Å². The Morgan fingerprint density at radius 1 is 0.478 bits per heavy atom. The number of carbonyl (C=O) groups is 12. The number of aromatic nitrogens is 3. The van der Waals surface area contributed by atoms with E-state index in [1.54, 1.807) is 60.7 Å². The lowest BCUT2D eigenvalue weighted by Gasteiger charge is -2.21. The van der Waals surface area contributed by atoms with Gasteiger partial charge in [0.1, 0.15) is 36.3 Å². The van der Waals surface area contributed by atoms with Crippen LogP contribution in [0.5, 0.6) is 0 Å². The molecule has 6 atom stereocenters. The highest BCUT2D eigenvalue weighted by Crippen LogP contribution is 2.08. The molecule has 1 heterocycles. The first kappa shape index (κ1) is 76.6. The lowest BCUT2D eigenvalue weighted by Crippen LogP contribution is -2.54. The minimum Gasteiger partial charge on any atom is -0.480 e. The molecule has 494 valence electrons. The van der Waals surface area contributed by atoms with E-state index in [0.717, 1.165) is 4.68 Å². The van der Waals surface area contributed by atoms with Crippen LogP contribution in [0.1, 0.15) is 93.9 Å². The molecule has 10 amide bonds. The molecule has 90 heavy (non-hydrogen) atoms. The fourth-order valence-corrected chi connectivity index (χ4v) is 8.31. The number of hydrogen-bond donors (Lipinski definition) is 16. The van der Waals surface area contributed by atoms with Gasteiger partial charge in [0.05, 0.1) is 44.7 Å². The van der Waals surface area contributed by atoms with Gasteiger partial charge in [0.25, 0.3) is 5.91 Å². The van der Waals surface area contributed by atoms with Gasteiger partial charge in [-0.25, -0.2) is 14.4 Å². The third-order valence-electron chi connectivity index (χ3n) is 13.1. The molecule has 32 heteroatoms. The van der Waals surface area contributed by atoms with Gasteiger partial charge < -0.3 is 86.3 Å². The molecule has 1 aromatic heterocycles. The second kappa shape index (κ2) is 44.9. The van der Waals surface area contributed by atoms with Crippen LogP contribution in [0.2, 0.25) is 0 Å². The highest BCUT2D eigenvalue weighted by atomic mass is 18.2. The van der Waals surface area contributed by atoms with E-state index in [4.69, 9.17) is 29.4 Å². The van der Waals surface area contributed by atoms with Gasteiger partial charge in [-0.15, -0.1) is 11.5 Å². The van der Waals surface area contributed by atoms with Gasteiger partial charge in [-0.2, -0.15) is 4.68 Å². The van der Waals surface area contributed by atoms with E-state index < -0.39 is 140 Å². The van der Waals surface area contributed by atoms with Crippen molar-refractivity contribution in [3.8, 4) is 12.3 Å². The molecule has 3 rings (SSSR count). The molecule has 2 aromatic carbocycles. The summed E-state index contributed by atoms with van der Waals surface area (Å²) in [6.07, 6.45) is 11.6. The topological polar surface area (TPSA) is 500 Å². The van der Waals surface area contributed by atoms with Gasteiger partial charge in [0.2, 0.25) is 47.3 Å². The average molecular weight is 1260 g/mol. The third kappa shape index (κ3) is 32.5. The van der Waals surface area contributed by atoms with Crippen LogP contribution in [0.15, 0.2) is 66.9 Å². The summed E-state index contributed by atoms with van der Waals surface area (Å²) in [5.41, 5.74) is 23.6. The number of carbonyl (C=O) groups excluding carboxylic acids is 10. The summed E-state index contributed by atoms with van der Waals surface area (Å²) < 4.78 is 13.5. The van der Waals surface area contributed by atoms with Crippen LogP contribution in [0.3, 0.4) is 0 Å². The molecule has 0 bridgehead atoms. The fraction of sp³-hybridized carbons (Fsp3) is 0.517. The number of terminal acetylenes is 1. The number of nitrogens with one attached hydrogen (secondary N) is 10. The number of halogens is 1. The molecule has 20 N–H and O–H groups in total. The molecule has 3 aromatic rings. The fourth-order valence-electron chi connectivity index (χ4n) is 8.31. The number of hydrogen-bond acceptors (Lipinski definition) is 18. The van der Waals surface area contributed by atoms with Gasteiger partial charge in [0, 0.05) is 19.3 Å². The van der Waals surface area contributed by atoms with Crippen molar-refractivity contribution in [2.45, 2.75) is 133 Å². The summed E-state index contributed by atoms with van der Waals surface area (Å²) in [4.78, 5) is 149. The quantitative estimate of drug-likeness (QED) is 0.0192. The minimum atomic E-state index is -1.22. The minimum absolute atomic E-state index is 0.0277. The molecular formula is C58H86FN17O14. The molecule has 0 fully saturated rings. The number of aliphatic carboxylic acids is 2. The Hall–Kier alpha value is -9.45. The van der Waals surface area contributed by atoms with Gasteiger partial charge >= 0.3 is 18.0 Å². The number of carboxylic acids is 2. The normalized spacial score (nSPS) is 12.6. The van der Waals surface area contributed by atoms with Crippen LogP contribution in [0.4, 0.5) is 9.18 Å². The highest BCUT2D eigenvalue weighted by Gasteiger charge is 2.28. The summed E-state index contributed by atoms with van der Waals surface area (Å²) >= 11 is 0. The van der Waals surface area contributed by atoms with Crippen LogP contribution in [0.25, 0.3) is 0 Å². The van der Waals surface area contributed by atoms with E-state index in [2.05, 4.69) is 63.5 Å². The third-order valence-corrected chi connectivity index (χ3v) is 13.1. The summed E-state index contributed by atoms with van der Waals surface area (Å²) in [7, 11) is 0. The van der Waals surface area contributed by atoms with Crippen molar-refractivity contribution in [2.75, 3.05) is 59.0 Å². The number of nitrogens with zero attached hydrogens (tertiary/aromatic N) is 3. The predicted octanol–water partition coefficient (Wildman–Crippen LogP) is -3.60. The molecule has 0 saturated carbocycles. The van der Waals surface area contributed by atoms with Crippen LogP contribution in [-0.2, 0) is 72.0 Å². The molecule has 0 saturated heterocycles. The molecule has 0 aliphatic heterocycles. The lowest BCUT2D eigenvalue weighted by atomic mass is 10.1. The van der Waals surface area contributed by atoms with Crippen LogP contribution in [0, 0.1) is 12.3 Å². The smallest absolute Gasteiger partial charge is 0.344 e. The SMILES string of the molecule is C#CC(=O)N[C@@H](CCCCN)C(=O)NCC(=O)N[C@@H](Cc1ccccc1)C(=O)NCC(=O)N[C@@H](CCCCN)C(=O)O.NCCCC[C@H](NC(=O)CNC(=O)[C@H](Cc1ccccc1)NC(=O)CNC(=O)[C@H](CCCCN)NC(=O)n1cc(CC[18F])nn1)C(=O)O. The Labute approximate surface area is 520 Å². The number of rotatable bonds is 42. The second-order valence-corrected chi connectivity index (χ2v) is 20.3. The van der Waals surface area contributed by atoms with E-state index >= 15 is 0 Å².